The Labute approximate surface area is 202 Å². The van der Waals surface area contributed by atoms with Crippen molar-refractivity contribution in [1.82, 2.24) is 24.9 Å². The van der Waals surface area contributed by atoms with Gasteiger partial charge in [-0.1, -0.05) is 19.9 Å². The Kier molecular flexibility index (Phi) is 5.95. The highest BCUT2D eigenvalue weighted by Crippen LogP contribution is 2.59. The first-order valence-electron chi connectivity index (χ1n) is 12.8. The van der Waals surface area contributed by atoms with Crippen molar-refractivity contribution in [2.45, 2.75) is 52.4 Å². The molecule has 2 heterocycles. The van der Waals surface area contributed by atoms with Crippen molar-refractivity contribution in [2.24, 2.45) is 28.6 Å². The standard InChI is InChI=1S/C27H39N5O2/c1-26(2,17-31(3)4)15-28-24(33)21-14-32-22(6-5-7-23(32)30-21)25(34)29-16-27-11-18-8-19(12-27)10-20(9-18)13-27/h5-7,14,18-20H,8-13,15-17H2,1-4H3,(H,28,33)(H,29,34). The summed E-state index contributed by atoms with van der Waals surface area (Å²) in [6.45, 7) is 6.43. The minimum atomic E-state index is -0.213. The van der Waals surface area contributed by atoms with Gasteiger partial charge in [0.15, 0.2) is 0 Å². The summed E-state index contributed by atoms with van der Waals surface area (Å²) in [4.78, 5) is 32.6. The van der Waals surface area contributed by atoms with Crippen LogP contribution in [0.25, 0.3) is 5.65 Å². The van der Waals surface area contributed by atoms with E-state index in [0.717, 1.165) is 30.8 Å². The molecule has 34 heavy (non-hydrogen) atoms. The van der Waals surface area contributed by atoms with Gasteiger partial charge >= 0.3 is 0 Å². The Hall–Kier alpha value is -2.41. The molecule has 4 fully saturated rings. The van der Waals surface area contributed by atoms with Gasteiger partial charge in [0, 0.05) is 25.8 Å². The number of carbonyl (C=O) groups is 2. The summed E-state index contributed by atoms with van der Waals surface area (Å²) in [7, 11) is 4.06. The molecular formula is C27H39N5O2. The van der Waals surface area contributed by atoms with Crippen LogP contribution in [0.4, 0.5) is 0 Å². The maximum atomic E-state index is 13.2. The molecule has 2 N–H and O–H groups in total. The monoisotopic (exact) mass is 465 g/mol. The van der Waals surface area contributed by atoms with E-state index in [4.69, 9.17) is 0 Å². The summed E-state index contributed by atoms with van der Waals surface area (Å²) in [5.41, 5.74) is 1.71. The van der Waals surface area contributed by atoms with Gasteiger partial charge in [0.05, 0.1) is 0 Å². The van der Waals surface area contributed by atoms with Crippen molar-refractivity contribution < 1.29 is 9.59 Å². The molecule has 0 aliphatic heterocycles. The van der Waals surface area contributed by atoms with Crippen molar-refractivity contribution >= 4 is 17.5 Å². The maximum absolute atomic E-state index is 13.2. The fourth-order valence-corrected chi connectivity index (χ4v) is 7.49. The molecule has 7 heteroatoms. The first-order chi connectivity index (χ1) is 16.1. The largest absolute Gasteiger partial charge is 0.350 e. The quantitative estimate of drug-likeness (QED) is 0.624. The van der Waals surface area contributed by atoms with Crippen LogP contribution in [0.3, 0.4) is 0 Å². The van der Waals surface area contributed by atoms with E-state index in [2.05, 4.69) is 34.4 Å². The van der Waals surface area contributed by atoms with Gasteiger partial charge in [-0.15, -0.1) is 0 Å². The second-order valence-corrected chi connectivity index (χ2v) is 12.5. The number of amides is 2. The number of aromatic nitrogens is 2. The fraction of sp³-hybridized carbons (Fsp3) is 0.667. The predicted octanol–water partition coefficient (Wildman–Crippen LogP) is 3.60. The van der Waals surface area contributed by atoms with E-state index in [1.165, 1.54) is 38.5 Å². The third-order valence-corrected chi connectivity index (χ3v) is 8.22. The third-order valence-electron chi connectivity index (χ3n) is 8.22. The van der Waals surface area contributed by atoms with Gasteiger partial charge in [0.1, 0.15) is 17.0 Å². The fourth-order valence-electron chi connectivity index (χ4n) is 7.49. The van der Waals surface area contributed by atoms with E-state index in [0.29, 0.717) is 23.6 Å². The van der Waals surface area contributed by atoms with Gasteiger partial charge in [-0.25, -0.2) is 4.98 Å². The number of hydrogen-bond donors (Lipinski definition) is 2. The molecule has 2 aromatic heterocycles. The topological polar surface area (TPSA) is 78.7 Å². The Morgan fingerprint density at radius 3 is 2.32 bits per heavy atom. The zero-order valence-corrected chi connectivity index (χ0v) is 21.1. The Morgan fingerprint density at radius 2 is 1.71 bits per heavy atom. The molecule has 184 valence electrons. The van der Waals surface area contributed by atoms with E-state index in [1.807, 2.05) is 32.3 Å². The number of imidazole rings is 1. The summed E-state index contributed by atoms with van der Waals surface area (Å²) in [5.74, 6) is 2.30. The molecule has 0 aromatic carbocycles. The second kappa shape index (κ2) is 8.67. The first kappa shape index (κ1) is 23.3. The lowest BCUT2D eigenvalue weighted by molar-refractivity contribution is -0.0503. The third kappa shape index (κ3) is 4.72. The van der Waals surface area contributed by atoms with Gasteiger partial charge in [-0.05, 0) is 93.3 Å². The highest BCUT2D eigenvalue weighted by Gasteiger charge is 2.50. The molecule has 4 saturated carbocycles. The van der Waals surface area contributed by atoms with Crippen LogP contribution in [0.15, 0.2) is 24.4 Å². The van der Waals surface area contributed by atoms with Crippen molar-refractivity contribution in [3.63, 3.8) is 0 Å². The molecule has 4 bridgehead atoms. The summed E-state index contributed by atoms with van der Waals surface area (Å²) in [6, 6.07) is 5.48. The summed E-state index contributed by atoms with van der Waals surface area (Å²) in [5, 5.41) is 6.27. The summed E-state index contributed by atoms with van der Waals surface area (Å²) >= 11 is 0. The lowest BCUT2D eigenvalue weighted by Crippen LogP contribution is -2.51. The van der Waals surface area contributed by atoms with Crippen molar-refractivity contribution in [1.29, 1.82) is 0 Å². The van der Waals surface area contributed by atoms with Crippen LogP contribution in [-0.4, -0.2) is 59.8 Å². The molecule has 0 radical (unpaired) electrons. The van der Waals surface area contributed by atoms with Gasteiger partial charge < -0.3 is 15.5 Å². The highest BCUT2D eigenvalue weighted by molar-refractivity contribution is 5.95. The number of carbonyl (C=O) groups excluding carboxylic acids is 2. The number of fused-ring (bicyclic) bond motifs is 1. The van der Waals surface area contributed by atoms with E-state index < -0.39 is 0 Å². The molecule has 4 aliphatic carbocycles. The van der Waals surface area contributed by atoms with E-state index in [1.54, 1.807) is 10.6 Å². The average molecular weight is 466 g/mol. The SMILES string of the molecule is CN(C)CC(C)(C)CNC(=O)c1cn2c(C(=O)NCC34CC5CC(CC(C5)C3)C4)cccc2n1. The average Bonchev–Trinajstić information content (AvgIpc) is 3.19. The smallest absolute Gasteiger partial charge is 0.271 e. The Balaban J connectivity index is 1.26. The van der Waals surface area contributed by atoms with Crippen molar-refractivity contribution in [3.05, 3.63) is 35.8 Å². The Morgan fingerprint density at radius 1 is 1.06 bits per heavy atom. The number of nitrogens with one attached hydrogen (secondary N) is 2. The minimum absolute atomic E-state index is 0.0549. The first-order valence-corrected chi connectivity index (χ1v) is 12.8. The molecule has 2 amide bonds. The predicted molar refractivity (Wildman–Crippen MR) is 133 cm³/mol. The molecule has 6 rings (SSSR count). The molecule has 0 saturated heterocycles. The van der Waals surface area contributed by atoms with E-state index in [9.17, 15) is 9.59 Å². The molecule has 0 unspecified atom stereocenters. The van der Waals surface area contributed by atoms with Crippen LogP contribution in [0.2, 0.25) is 0 Å². The zero-order chi connectivity index (χ0) is 24.1. The van der Waals surface area contributed by atoms with Crippen LogP contribution in [0.1, 0.15) is 73.3 Å². The number of rotatable bonds is 8. The van der Waals surface area contributed by atoms with Crippen LogP contribution in [0.5, 0.6) is 0 Å². The molecule has 0 atom stereocenters. The number of hydrogen-bond acceptors (Lipinski definition) is 4. The van der Waals surface area contributed by atoms with Gasteiger partial charge in [-0.2, -0.15) is 0 Å². The molecule has 4 aliphatic rings. The maximum Gasteiger partial charge on any atom is 0.271 e. The lowest BCUT2D eigenvalue weighted by atomic mass is 9.49. The van der Waals surface area contributed by atoms with Crippen molar-refractivity contribution in [2.75, 3.05) is 33.7 Å². The number of pyridine rings is 1. The molecule has 0 spiro atoms. The van der Waals surface area contributed by atoms with Gasteiger partial charge in [0.25, 0.3) is 11.8 Å². The lowest BCUT2D eigenvalue weighted by Gasteiger charge is -2.56. The van der Waals surface area contributed by atoms with Gasteiger partial charge in [-0.3, -0.25) is 14.0 Å². The van der Waals surface area contributed by atoms with Crippen LogP contribution in [-0.2, 0) is 0 Å². The molecule has 2 aromatic rings. The summed E-state index contributed by atoms with van der Waals surface area (Å²) < 4.78 is 1.74. The Bertz CT molecular complexity index is 1050. The van der Waals surface area contributed by atoms with Gasteiger partial charge in [0.2, 0.25) is 0 Å². The van der Waals surface area contributed by atoms with E-state index in [-0.39, 0.29) is 22.6 Å². The zero-order valence-electron chi connectivity index (χ0n) is 21.1. The number of nitrogens with zero attached hydrogens (tertiary/aromatic N) is 3. The molecular weight excluding hydrogens is 426 g/mol. The van der Waals surface area contributed by atoms with Crippen molar-refractivity contribution in [3.8, 4) is 0 Å². The van der Waals surface area contributed by atoms with E-state index >= 15 is 0 Å². The van der Waals surface area contributed by atoms with Crippen LogP contribution in [0, 0.1) is 28.6 Å². The molecule has 7 nitrogen and oxygen atoms in total. The minimum Gasteiger partial charge on any atom is -0.350 e. The second-order valence-electron chi connectivity index (χ2n) is 12.5. The highest BCUT2D eigenvalue weighted by atomic mass is 16.2. The van der Waals surface area contributed by atoms with Crippen LogP contribution < -0.4 is 10.6 Å². The summed E-state index contributed by atoms with van der Waals surface area (Å²) in [6.07, 6.45) is 9.69. The normalized spacial score (nSPS) is 28.0. The van der Waals surface area contributed by atoms with Crippen LogP contribution >= 0.6 is 0 Å².